The smallest absolute Gasteiger partial charge is 0.335 e. The average Bonchev–Trinajstić information content (AvgIpc) is 3.44. The predicted octanol–water partition coefficient (Wildman–Crippen LogP) is 6.82. The first kappa shape index (κ1) is 27.2. The largest absolute Gasteiger partial charge is 0.488 e. The highest BCUT2D eigenvalue weighted by molar-refractivity contribution is 9.10. The van der Waals surface area contributed by atoms with Gasteiger partial charge in [-0.25, -0.2) is 17.6 Å². The van der Waals surface area contributed by atoms with Crippen molar-refractivity contribution in [3.05, 3.63) is 98.9 Å². The maximum Gasteiger partial charge on any atom is 0.335 e. The zero-order chi connectivity index (χ0) is 27.9. The molecule has 1 N–H and O–H groups in total. The van der Waals surface area contributed by atoms with Gasteiger partial charge in [-0.1, -0.05) is 33.6 Å². The summed E-state index contributed by atoms with van der Waals surface area (Å²) < 4.78 is 49.4. The fourth-order valence-electron chi connectivity index (χ4n) is 4.64. The highest BCUT2D eigenvalue weighted by Gasteiger charge is 2.30. The van der Waals surface area contributed by atoms with Crippen molar-refractivity contribution < 1.29 is 27.4 Å². The highest BCUT2D eigenvalue weighted by Crippen LogP contribution is 2.37. The number of carbonyl (C=O) groups is 1. The number of rotatable bonds is 7. The van der Waals surface area contributed by atoms with Gasteiger partial charge in [-0.15, -0.1) is 0 Å². The Balaban J connectivity index is 1.61. The van der Waals surface area contributed by atoms with E-state index in [2.05, 4.69) is 15.9 Å². The third-order valence-corrected chi connectivity index (χ3v) is 9.08. The molecule has 1 saturated heterocycles. The molecule has 0 unspecified atom stereocenters. The van der Waals surface area contributed by atoms with Gasteiger partial charge >= 0.3 is 5.97 Å². The molecule has 0 saturated carbocycles. The summed E-state index contributed by atoms with van der Waals surface area (Å²) in [6.07, 6.45) is 0.463. The Morgan fingerprint density at radius 2 is 1.85 bits per heavy atom. The van der Waals surface area contributed by atoms with Crippen LogP contribution in [0.15, 0.2) is 71.2 Å². The summed E-state index contributed by atoms with van der Waals surface area (Å²) in [4.78, 5) is 12.0. The molecule has 4 aromatic rings. The third-order valence-electron chi connectivity index (χ3n) is 6.49. The van der Waals surface area contributed by atoms with Crippen LogP contribution in [0, 0.1) is 12.7 Å². The van der Waals surface area contributed by atoms with Crippen molar-refractivity contribution in [3.63, 3.8) is 0 Å². The monoisotopic (exact) mass is 632 g/mol. The van der Waals surface area contributed by atoms with Gasteiger partial charge in [0, 0.05) is 38.5 Å². The van der Waals surface area contributed by atoms with Crippen molar-refractivity contribution in [1.82, 2.24) is 4.57 Å². The lowest BCUT2D eigenvalue weighted by molar-refractivity contribution is 0.0697. The summed E-state index contributed by atoms with van der Waals surface area (Å²) in [6, 6.07) is 18.0. The molecule has 1 aliphatic rings. The molecule has 0 radical (unpaired) electrons. The van der Waals surface area contributed by atoms with E-state index >= 15 is 0 Å². The van der Waals surface area contributed by atoms with Crippen LogP contribution in [-0.4, -0.2) is 36.4 Å². The maximum atomic E-state index is 14.4. The number of benzene rings is 3. The SMILES string of the molecule is Cc1ccc(-c2cc(Cl)ccc2OCc2ccc(Br)cc2F)n1-c1cc(C(=O)O)cc(N2CCCS2(=O)=O)c1. The predicted molar refractivity (Wildman–Crippen MR) is 152 cm³/mol. The number of sulfonamides is 1. The first-order valence-corrected chi connectivity index (χ1v) is 14.8. The van der Waals surface area contributed by atoms with Crippen LogP contribution >= 0.6 is 27.5 Å². The van der Waals surface area contributed by atoms with E-state index in [1.807, 2.05) is 23.6 Å². The molecule has 1 fully saturated rings. The van der Waals surface area contributed by atoms with Gasteiger partial charge in [-0.2, -0.15) is 0 Å². The second-order valence-electron chi connectivity index (χ2n) is 9.15. The van der Waals surface area contributed by atoms with E-state index in [1.54, 1.807) is 36.4 Å². The molecule has 11 heteroatoms. The summed E-state index contributed by atoms with van der Waals surface area (Å²) in [5.74, 6) is -1.13. The molecular formula is C28H23BrClFN2O5S. The van der Waals surface area contributed by atoms with Crippen LogP contribution in [-0.2, 0) is 16.6 Å². The normalized spacial score (nSPS) is 14.5. The van der Waals surface area contributed by atoms with Gasteiger partial charge in [0.15, 0.2) is 0 Å². The first-order chi connectivity index (χ1) is 18.5. The number of hydrogen-bond donors (Lipinski definition) is 1. The summed E-state index contributed by atoms with van der Waals surface area (Å²) >= 11 is 9.61. The zero-order valence-electron chi connectivity index (χ0n) is 20.7. The Kier molecular flexibility index (Phi) is 7.45. The Bertz CT molecular complexity index is 1710. The Morgan fingerprint density at radius 3 is 2.54 bits per heavy atom. The molecule has 3 aromatic carbocycles. The van der Waals surface area contributed by atoms with Gasteiger partial charge in [-0.3, -0.25) is 4.31 Å². The molecule has 0 amide bonds. The number of nitrogens with zero attached hydrogens (tertiary/aromatic N) is 2. The molecule has 39 heavy (non-hydrogen) atoms. The molecule has 5 rings (SSSR count). The van der Waals surface area contributed by atoms with E-state index in [0.29, 0.717) is 44.2 Å². The quantitative estimate of drug-likeness (QED) is 0.241. The standard InChI is InChI=1S/C28H23BrClFN2O5S/c1-17-3-7-26(24-14-21(30)6-8-27(24)38-16-18-4-5-20(29)13-25(18)31)33(17)23-12-19(28(34)35)11-22(15-23)32-9-2-10-39(32,36)37/h3-8,11-15H,2,9-10,16H2,1H3,(H,34,35). The molecule has 2 heterocycles. The summed E-state index contributed by atoms with van der Waals surface area (Å²) in [6.45, 7) is 2.10. The zero-order valence-corrected chi connectivity index (χ0v) is 23.9. The molecule has 0 atom stereocenters. The topological polar surface area (TPSA) is 88.8 Å². The van der Waals surface area contributed by atoms with Crippen molar-refractivity contribution >= 4 is 49.2 Å². The van der Waals surface area contributed by atoms with Crippen molar-refractivity contribution in [2.75, 3.05) is 16.6 Å². The third kappa shape index (κ3) is 5.54. The number of halogens is 3. The minimum atomic E-state index is -3.53. The second-order valence-corrected chi connectivity index (χ2v) is 12.5. The number of ether oxygens (including phenoxy) is 1. The minimum absolute atomic E-state index is 0.00953. The lowest BCUT2D eigenvalue weighted by Crippen LogP contribution is -2.25. The average molecular weight is 634 g/mol. The van der Waals surface area contributed by atoms with Gasteiger partial charge in [0.05, 0.1) is 22.7 Å². The molecule has 7 nitrogen and oxygen atoms in total. The van der Waals surface area contributed by atoms with Crippen LogP contribution in [0.1, 0.15) is 28.0 Å². The van der Waals surface area contributed by atoms with Crippen molar-refractivity contribution in [2.24, 2.45) is 0 Å². The number of aromatic nitrogens is 1. The summed E-state index contributed by atoms with van der Waals surface area (Å²) in [5, 5.41) is 10.3. The molecule has 1 aliphatic heterocycles. The Labute approximate surface area is 238 Å². The summed E-state index contributed by atoms with van der Waals surface area (Å²) in [5.41, 5.74) is 3.09. The van der Waals surface area contributed by atoms with Gasteiger partial charge in [0.1, 0.15) is 18.2 Å². The number of anilines is 1. The first-order valence-electron chi connectivity index (χ1n) is 12.0. The number of carboxylic acids is 1. The molecule has 0 bridgehead atoms. The van der Waals surface area contributed by atoms with Crippen molar-refractivity contribution in [3.8, 4) is 22.7 Å². The van der Waals surface area contributed by atoms with Crippen LogP contribution in [0.3, 0.4) is 0 Å². The van der Waals surface area contributed by atoms with E-state index in [4.69, 9.17) is 16.3 Å². The van der Waals surface area contributed by atoms with E-state index in [-0.39, 0.29) is 30.2 Å². The maximum absolute atomic E-state index is 14.4. The number of hydrogen-bond acceptors (Lipinski definition) is 4. The fraction of sp³-hybridized carbons (Fsp3) is 0.179. The molecule has 0 aliphatic carbocycles. The van der Waals surface area contributed by atoms with Gasteiger partial charge in [0.25, 0.3) is 0 Å². The second kappa shape index (κ2) is 10.7. The van der Waals surface area contributed by atoms with E-state index in [0.717, 1.165) is 5.69 Å². The van der Waals surface area contributed by atoms with Crippen molar-refractivity contribution in [2.45, 2.75) is 20.0 Å². The molecule has 1 aromatic heterocycles. The number of aryl methyl sites for hydroxylation is 1. The summed E-state index contributed by atoms with van der Waals surface area (Å²) in [7, 11) is -3.53. The molecule has 0 spiro atoms. The number of aromatic carboxylic acids is 1. The fourth-order valence-corrected chi connectivity index (χ4v) is 6.69. The van der Waals surface area contributed by atoms with Gasteiger partial charge in [-0.05, 0) is 74.0 Å². The van der Waals surface area contributed by atoms with Crippen LogP contribution in [0.2, 0.25) is 5.02 Å². The lowest BCUT2D eigenvalue weighted by atomic mass is 10.1. The van der Waals surface area contributed by atoms with Crippen LogP contribution < -0.4 is 9.04 Å². The van der Waals surface area contributed by atoms with Crippen LogP contribution in [0.25, 0.3) is 16.9 Å². The Hall–Kier alpha value is -3.34. The van der Waals surface area contributed by atoms with Crippen LogP contribution in [0.4, 0.5) is 10.1 Å². The van der Waals surface area contributed by atoms with E-state index < -0.39 is 21.8 Å². The number of carboxylic acid groups (broad SMARTS) is 1. The van der Waals surface area contributed by atoms with E-state index in [1.165, 1.54) is 22.5 Å². The minimum Gasteiger partial charge on any atom is -0.488 e. The highest BCUT2D eigenvalue weighted by atomic mass is 79.9. The Morgan fingerprint density at radius 1 is 1.08 bits per heavy atom. The molecule has 202 valence electrons. The van der Waals surface area contributed by atoms with Gasteiger partial charge in [0.2, 0.25) is 10.0 Å². The van der Waals surface area contributed by atoms with Crippen LogP contribution in [0.5, 0.6) is 5.75 Å². The molecular weight excluding hydrogens is 611 g/mol. The lowest BCUT2D eigenvalue weighted by Gasteiger charge is -2.21. The van der Waals surface area contributed by atoms with E-state index in [9.17, 15) is 22.7 Å². The van der Waals surface area contributed by atoms with Gasteiger partial charge < -0.3 is 14.4 Å². The van der Waals surface area contributed by atoms with Crippen molar-refractivity contribution in [1.29, 1.82) is 0 Å².